The van der Waals surface area contributed by atoms with E-state index in [-0.39, 0.29) is 0 Å². The van der Waals surface area contributed by atoms with E-state index in [1.807, 2.05) is 0 Å². The Balaban J connectivity index is 2.93. The van der Waals surface area contributed by atoms with Crippen LogP contribution >= 0.6 is 0 Å². The fourth-order valence-electron chi connectivity index (χ4n) is 0.929. The Morgan fingerprint density at radius 1 is 1.46 bits per heavy atom. The molecule has 3 heteroatoms. The van der Waals surface area contributed by atoms with Gasteiger partial charge in [0.15, 0.2) is 0 Å². The third-order valence-electron chi connectivity index (χ3n) is 1.70. The van der Waals surface area contributed by atoms with E-state index >= 15 is 0 Å². The van der Waals surface area contributed by atoms with Crippen LogP contribution in [0.25, 0.3) is 0 Å². The first kappa shape index (κ1) is 9.30. The van der Waals surface area contributed by atoms with Crippen LogP contribution in [0, 0.1) is 12.3 Å². The Hall–Kier alpha value is -1.79. The lowest BCUT2D eigenvalue weighted by atomic mass is 10.1. The molecule has 66 valence electrons. The van der Waals surface area contributed by atoms with Crippen LogP contribution in [0.15, 0.2) is 24.3 Å². The maximum absolute atomic E-state index is 10.5. The predicted molar refractivity (Wildman–Crippen MR) is 48.9 cm³/mol. The zero-order valence-electron chi connectivity index (χ0n) is 6.90. The standard InChI is InChI=1S/C10H9NO2/c1-2-7-3-5-8(6-4-7)9(11)10(12)13/h1,3-6,9H,11H2,(H,12,13)/t9-/m1/s1. The topological polar surface area (TPSA) is 63.3 Å². The van der Waals surface area contributed by atoms with Gasteiger partial charge in [0.2, 0.25) is 0 Å². The van der Waals surface area contributed by atoms with Crippen molar-refractivity contribution in [3.63, 3.8) is 0 Å². The van der Waals surface area contributed by atoms with Crippen LogP contribution in [0.3, 0.4) is 0 Å². The number of hydrogen-bond acceptors (Lipinski definition) is 2. The highest BCUT2D eigenvalue weighted by Crippen LogP contribution is 2.10. The minimum atomic E-state index is -1.05. The molecule has 1 aromatic carbocycles. The van der Waals surface area contributed by atoms with Gasteiger partial charge in [0.25, 0.3) is 0 Å². The van der Waals surface area contributed by atoms with E-state index in [2.05, 4.69) is 5.92 Å². The number of benzene rings is 1. The predicted octanol–water partition coefficient (Wildman–Crippen LogP) is 0.752. The number of terminal acetylenes is 1. The van der Waals surface area contributed by atoms with E-state index in [0.29, 0.717) is 11.1 Å². The Morgan fingerprint density at radius 3 is 2.38 bits per heavy atom. The van der Waals surface area contributed by atoms with E-state index in [1.54, 1.807) is 24.3 Å². The van der Waals surface area contributed by atoms with Gasteiger partial charge in [-0.1, -0.05) is 18.1 Å². The van der Waals surface area contributed by atoms with Crippen LogP contribution in [0.2, 0.25) is 0 Å². The van der Waals surface area contributed by atoms with E-state index in [1.165, 1.54) is 0 Å². The minimum absolute atomic E-state index is 0.548. The Morgan fingerprint density at radius 2 is 2.00 bits per heavy atom. The lowest BCUT2D eigenvalue weighted by molar-refractivity contribution is -0.138. The maximum atomic E-state index is 10.5. The highest BCUT2D eigenvalue weighted by molar-refractivity contribution is 5.75. The molecule has 0 aliphatic heterocycles. The van der Waals surface area contributed by atoms with Crippen LogP contribution in [0.1, 0.15) is 17.2 Å². The molecule has 0 radical (unpaired) electrons. The number of hydrogen-bond donors (Lipinski definition) is 2. The number of nitrogens with two attached hydrogens (primary N) is 1. The van der Waals surface area contributed by atoms with Crippen LogP contribution in [0.5, 0.6) is 0 Å². The summed E-state index contributed by atoms with van der Waals surface area (Å²) in [5, 5.41) is 8.60. The molecule has 1 rings (SSSR count). The van der Waals surface area contributed by atoms with Crippen molar-refractivity contribution in [3.05, 3.63) is 35.4 Å². The van der Waals surface area contributed by atoms with Gasteiger partial charge in [-0.15, -0.1) is 6.42 Å². The summed E-state index contributed by atoms with van der Waals surface area (Å²) in [6.07, 6.45) is 5.14. The molecular formula is C10H9NO2. The van der Waals surface area contributed by atoms with Gasteiger partial charge in [-0.3, -0.25) is 4.79 Å². The maximum Gasteiger partial charge on any atom is 0.325 e. The van der Waals surface area contributed by atoms with Crippen LogP contribution in [0.4, 0.5) is 0 Å². The number of carboxylic acid groups (broad SMARTS) is 1. The summed E-state index contributed by atoms with van der Waals surface area (Å²) in [6, 6.07) is 5.59. The van der Waals surface area contributed by atoms with Gasteiger partial charge < -0.3 is 10.8 Å². The summed E-state index contributed by atoms with van der Waals surface area (Å²) >= 11 is 0. The number of rotatable bonds is 2. The average molecular weight is 175 g/mol. The molecule has 1 aromatic rings. The first-order valence-corrected chi connectivity index (χ1v) is 3.70. The largest absolute Gasteiger partial charge is 0.480 e. The van der Waals surface area contributed by atoms with Crippen molar-refractivity contribution in [1.82, 2.24) is 0 Å². The van der Waals surface area contributed by atoms with Gasteiger partial charge in [-0.05, 0) is 17.7 Å². The minimum Gasteiger partial charge on any atom is -0.480 e. The van der Waals surface area contributed by atoms with Gasteiger partial charge in [-0.2, -0.15) is 0 Å². The zero-order valence-corrected chi connectivity index (χ0v) is 6.90. The third kappa shape index (κ3) is 2.08. The molecule has 0 heterocycles. The van der Waals surface area contributed by atoms with Gasteiger partial charge >= 0.3 is 5.97 Å². The number of carbonyl (C=O) groups is 1. The summed E-state index contributed by atoms with van der Waals surface area (Å²) in [4.78, 5) is 10.5. The summed E-state index contributed by atoms with van der Waals surface area (Å²) in [5.41, 5.74) is 6.64. The molecule has 0 unspecified atom stereocenters. The highest BCUT2D eigenvalue weighted by Gasteiger charge is 2.12. The monoisotopic (exact) mass is 175 g/mol. The van der Waals surface area contributed by atoms with Crippen molar-refractivity contribution in [3.8, 4) is 12.3 Å². The third-order valence-corrected chi connectivity index (χ3v) is 1.70. The van der Waals surface area contributed by atoms with Crippen LogP contribution in [-0.2, 0) is 4.79 Å². The van der Waals surface area contributed by atoms with Crippen molar-refractivity contribution in [2.24, 2.45) is 5.73 Å². The Kier molecular flexibility index (Phi) is 2.68. The van der Waals surface area contributed by atoms with Crippen molar-refractivity contribution >= 4 is 5.97 Å². The molecule has 0 saturated heterocycles. The van der Waals surface area contributed by atoms with Gasteiger partial charge in [0, 0.05) is 5.56 Å². The lowest BCUT2D eigenvalue weighted by Crippen LogP contribution is -2.20. The smallest absolute Gasteiger partial charge is 0.325 e. The zero-order chi connectivity index (χ0) is 9.84. The Bertz CT molecular complexity index is 348. The molecular weight excluding hydrogens is 166 g/mol. The first-order chi connectivity index (χ1) is 6.15. The molecule has 0 aliphatic rings. The molecule has 13 heavy (non-hydrogen) atoms. The highest BCUT2D eigenvalue weighted by atomic mass is 16.4. The summed E-state index contributed by atoms with van der Waals surface area (Å²) < 4.78 is 0. The van der Waals surface area contributed by atoms with E-state index in [4.69, 9.17) is 17.3 Å². The molecule has 3 N–H and O–H groups in total. The summed E-state index contributed by atoms with van der Waals surface area (Å²) in [7, 11) is 0. The fourth-order valence-corrected chi connectivity index (χ4v) is 0.929. The molecule has 0 bridgehead atoms. The molecule has 1 atom stereocenters. The fraction of sp³-hybridized carbons (Fsp3) is 0.100. The lowest BCUT2D eigenvalue weighted by Gasteiger charge is -2.05. The van der Waals surface area contributed by atoms with E-state index in [0.717, 1.165) is 0 Å². The molecule has 0 aliphatic carbocycles. The second-order valence-corrected chi connectivity index (χ2v) is 2.58. The quantitative estimate of drug-likeness (QED) is 0.652. The summed E-state index contributed by atoms with van der Waals surface area (Å²) in [5.74, 6) is 1.39. The van der Waals surface area contributed by atoms with E-state index < -0.39 is 12.0 Å². The molecule has 0 saturated carbocycles. The second-order valence-electron chi connectivity index (χ2n) is 2.58. The van der Waals surface area contributed by atoms with Crippen LogP contribution < -0.4 is 5.73 Å². The van der Waals surface area contributed by atoms with Gasteiger partial charge in [0.05, 0.1) is 0 Å². The molecule has 0 fully saturated rings. The first-order valence-electron chi connectivity index (χ1n) is 3.70. The van der Waals surface area contributed by atoms with Crippen LogP contribution in [-0.4, -0.2) is 11.1 Å². The molecule has 0 amide bonds. The Labute approximate surface area is 76.2 Å². The molecule has 0 aromatic heterocycles. The number of aliphatic carboxylic acids is 1. The molecule has 0 spiro atoms. The van der Waals surface area contributed by atoms with Gasteiger partial charge in [-0.25, -0.2) is 0 Å². The van der Waals surface area contributed by atoms with Crippen molar-refractivity contribution in [2.75, 3.05) is 0 Å². The van der Waals surface area contributed by atoms with Crippen molar-refractivity contribution in [2.45, 2.75) is 6.04 Å². The summed E-state index contributed by atoms with van der Waals surface area (Å²) in [6.45, 7) is 0. The van der Waals surface area contributed by atoms with Crippen molar-refractivity contribution in [1.29, 1.82) is 0 Å². The van der Waals surface area contributed by atoms with E-state index in [9.17, 15) is 4.79 Å². The van der Waals surface area contributed by atoms with Gasteiger partial charge in [0.1, 0.15) is 6.04 Å². The van der Waals surface area contributed by atoms with Crippen molar-refractivity contribution < 1.29 is 9.90 Å². The normalized spacial score (nSPS) is 11.7. The average Bonchev–Trinajstić information content (AvgIpc) is 2.17. The molecule has 3 nitrogen and oxygen atoms in total. The SMILES string of the molecule is C#Cc1ccc([C@@H](N)C(=O)O)cc1. The second kappa shape index (κ2) is 3.74. The number of carboxylic acids is 1.